The lowest BCUT2D eigenvalue weighted by Gasteiger charge is -2.29. The molecule has 0 amide bonds. The highest BCUT2D eigenvalue weighted by Crippen LogP contribution is 2.47. The highest BCUT2D eigenvalue weighted by molar-refractivity contribution is 7.25. The first-order valence-electron chi connectivity index (χ1n) is 18.4. The number of para-hydroxylation sites is 1. The lowest BCUT2D eigenvalue weighted by Crippen LogP contribution is -2.11. The molecule has 0 radical (unpaired) electrons. The van der Waals surface area contributed by atoms with Crippen LogP contribution in [0.1, 0.15) is 0 Å². The van der Waals surface area contributed by atoms with Crippen LogP contribution in [0.15, 0.2) is 212 Å². The molecular formula is C52H35NS. The maximum atomic E-state index is 2.45. The second-order valence-electron chi connectivity index (χ2n) is 13.7. The van der Waals surface area contributed by atoms with Crippen molar-refractivity contribution >= 4 is 59.3 Å². The zero-order valence-electron chi connectivity index (χ0n) is 29.6. The van der Waals surface area contributed by atoms with E-state index in [4.69, 9.17) is 0 Å². The molecule has 1 aromatic heterocycles. The summed E-state index contributed by atoms with van der Waals surface area (Å²) in [5, 5.41) is 5.06. The fraction of sp³-hybridized carbons (Fsp3) is 0. The molecule has 0 bridgehead atoms. The summed E-state index contributed by atoms with van der Waals surface area (Å²) in [6.07, 6.45) is 0. The zero-order valence-corrected chi connectivity index (χ0v) is 30.4. The SMILES string of the molecule is c1ccc(-c2ccccc2-c2ccccc2-c2ccccc2N(c2cccc(-c3cccc4ccccc34)c2)c2ccc3sc4ccccc4c3c2)cc1. The van der Waals surface area contributed by atoms with Gasteiger partial charge in [0.05, 0.1) is 5.69 Å². The Morgan fingerprint density at radius 3 is 1.67 bits per heavy atom. The summed E-state index contributed by atoms with van der Waals surface area (Å²) in [5.41, 5.74) is 13.0. The van der Waals surface area contributed by atoms with Crippen LogP contribution >= 0.6 is 11.3 Å². The topological polar surface area (TPSA) is 3.24 Å². The van der Waals surface area contributed by atoms with Crippen LogP contribution in [0.5, 0.6) is 0 Å². The van der Waals surface area contributed by atoms with Gasteiger partial charge in [-0.15, -0.1) is 11.3 Å². The molecule has 10 rings (SSSR count). The first kappa shape index (κ1) is 32.0. The quantitative estimate of drug-likeness (QED) is 0.160. The average Bonchev–Trinajstić information content (AvgIpc) is 3.62. The van der Waals surface area contributed by atoms with E-state index in [1.165, 1.54) is 75.5 Å². The number of nitrogens with zero attached hydrogens (tertiary/aromatic N) is 1. The van der Waals surface area contributed by atoms with E-state index in [0.29, 0.717) is 0 Å². The first-order valence-corrected chi connectivity index (χ1v) is 19.2. The summed E-state index contributed by atoms with van der Waals surface area (Å²) in [7, 11) is 0. The van der Waals surface area contributed by atoms with Crippen molar-refractivity contribution in [1.82, 2.24) is 0 Å². The van der Waals surface area contributed by atoms with Gasteiger partial charge in [0.15, 0.2) is 0 Å². The molecule has 0 spiro atoms. The Hall–Kier alpha value is -6.74. The maximum absolute atomic E-state index is 2.45. The van der Waals surface area contributed by atoms with E-state index in [2.05, 4.69) is 217 Å². The van der Waals surface area contributed by atoms with Gasteiger partial charge < -0.3 is 4.90 Å². The van der Waals surface area contributed by atoms with Crippen molar-refractivity contribution < 1.29 is 0 Å². The minimum absolute atomic E-state index is 1.11. The lowest BCUT2D eigenvalue weighted by atomic mass is 9.88. The van der Waals surface area contributed by atoms with E-state index >= 15 is 0 Å². The van der Waals surface area contributed by atoms with Crippen LogP contribution in [-0.2, 0) is 0 Å². The molecule has 10 aromatic rings. The van der Waals surface area contributed by atoms with Gasteiger partial charge in [-0.2, -0.15) is 0 Å². The molecule has 0 saturated heterocycles. The van der Waals surface area contributed by atoms with Crippen LogP contribution in [0, 0.1) is 0 Å². The highest BCUT2D eigenvalue weighted by Gasteiger charge is 2.21. The van der Waals surface area contributed by atoms with E-state index in [0.717, 1.165) is 17.1 Å². The van der Waals surface area contributed by atoms with Gasteiger partial charge in [0.1, 0.15) is 0 Å². The molecule has 1 nitrogen and oxygen atoms in total. The molecule has 54 heavy (non-hydrogen) atoms. The van der Waals surface area contributed by atoms with Crippen LogP contribution < -0.4 is 4.90 Å². The van der Waals surface area contributed by atoms with E-state index in [9.17, 15) is 0 Å². The lowest BCUT2D eigenvalue weighted by molar-refractivity contribution is 1.29. The van der Waals surface area contributed by atoms with E-state index in [1.807, 2.05) is 11.3 Å². The molecular weight excluding hydrogens is 671 g/mol. The van der Waals surface area contributed by atoms with Gasteiger partial charge in [0.25, 0.3) is 0 Å². The average molecular weight is 706 g/mol. The molecule has 0 aliphatic heterocycles. The van der Waals surface area contributed by atoms with Gasteiger partial charge in [0, 0.05) is 37.1 Å². The van der Waals surface area contributed by atoms with Gasteiger partial charge in [-0.25, -0.2) is 0 Å². The fourth-order valence-electron chi connectivity index (χ4n) is 8.01. The molecule has 0 aliphatic rings. The predicted molar refractivity (Wildman–Crippen MR) is 233 cm³/mol. The van der Waals surface area contributed by atoms with Gasteiger partial charge in [-0.05, 0) is 92.2 Å². The van der Waals surface area contributed by atoms with Crippen molar-refractivity contribution in [2.24, 2.45) is 0 Å². The molecule has 0 saturated carbocycles. The number of benzene rings is 9. The largest absolute Gasteiger partial charge is 0.310 e. The van der Waals surface area contributed by atoms with Crippen molar-refractivity contribution in [3.05, 3.63) is 212 Å². The summed E-state index contributed by atoms with van der Waals surface area (Å²) >= 11 is 1.86. The van der Waals surface area contributed by atoms with Crippen LogP contribution in [0.25, 0.3) is 75.5 Å². The smallest absolute Gasteiger partial charge is 0.0540 e. The number of rotatable bonds is 7. The third-order valence-electron chi connectivity index (χ3n) is 10.5. The van der Waals surface area contributed by atoms with E-state index in [-0.39, 0.29) is 0 Å². The van der Waals surface area contributed by atoms with Crippen LogP contribution in [0.4, 0.5) is 17.1 Å². The molecule has 0 atom stereocenters. The highest BCUT2D eigenvalue weighted by atomic mass is 32.1. The third kappa shape index (κ3) is 5.65. The predicted octanol–water partition coefficient (Wildman–Crippen LogP) is 15.3. The van der Waals surface area contributed by atoms with Crippen molar-refractivity contribution in [3.63, 3.8) is 0 Å². The normalized spacial score (nSPS) is 11.3. The minimum atomic E-state index is 1.11. The van der Waals surface area contributed by atoms with E-state index in [1.54, 1.807) is 0 Å². The number of anilines is 3. The van der Waals surface area contributed by atoms with Crippen molar-refractivity contribution in [3.8, 4) is 44.5 Å². The first-order chi connectivity index (χ1) is 26.8. The molecule has 0 N–H and O–H groups in total. The van der Waals surface area contributed by atoms with E-state index < -0.39 is 0 Å². The van der Waals surface area contributed by atoms with Gasteiger partial charge in [0.2, 0.25) is 0 Å². The summed E-state index contributed by atoms with van der Waals surface area (Å²) < 4.78 is 2.60. The van der Waals surface area contributed by atoms with Gasteiger partial charge in [-0.1, -0.05) is 170 Å². The molecule has 9 aromatic carbocycles. The summed E-state index contributed by atoms with van der Waals surface area (Å²) in [6, 6.07) is 77.2. The molecule has 0 fully saturated rings. The molecule has 254 valence electrons. The Morgan fingerprint density at radius 2 is 0.833 bits per heavy atom. The Bertz CT molecular complexity index is 2950. The molecule has 0 aliphatic carbocycles. The Morgan fingerprint density at radius 1 is 0.296 bits per heavy atom. The van der Waals surface area contributed by atoms with Crippen molar-refractivity contribution in [2.45, 2.75) is 0 Å². The summed E-state index contributed by atoms with van der Waals surface area (Å²) in [4.78, 5) is 2.45. The van der Waals surface area contributed by atoms with Crippen LogP contribution in [0.2, 0.25) is 0 Å². The second-order valence-corrected chi connectivity index (χ2v) is 14.7. The molecule has 2 heteroatoms. The number of hydrogen-bond acceptors (Lipinski definition) is 2. The Kier molecular flexibility index (Phi) is 8.09. The monoisotopic (exact) mass is 705 g/mol. The zero-order chi connectivity index (χ0) is 35.8. The van der Waals surface area contributed by atoms with Crippen LogP contribution in [-0.4, -0.2) is 0 Å². The number of hydrogen-bond donors (Lipinski definition) is 0. The Labute approximate surface area is 319 Å². The summed E-state index contributed by atoms with van der Waals surface area (Å²) in [6.45, 7) is 0. The van der Waals surface area contributed by atoms with Gasteiger partial charge in [-0.3, -0.25) is 0 Å². The standard InChI is InChI=1S/C52H35NS/c1-2-16-36(17-3-1)42-23-6-7-24-44(42)45-25-8-9-26-46(45)47-27-10-12-30-50(47)53(40-32-33-52-49(35-40)48-28-11-13-31-51(48)54-52)39-21-14-20-38(34-39)43-29-15-19-37-18-4-5-22-41(37)43/h1-35H. The Balaban J connectivity index is 1.20. The van der Waals surface area contributed by atoms with Crippen molar-refractivity contribution in [2.75, 3.05) is 4.90 Å². The molecule has 1 heterocycles. The maximum Gasteiger partial charge on any atom is 0.0540 e. The van der Waals surface area contributed by atoms with Crippen molar-refractivity contribution in [1.29, 1.82) is 0 Å². The third-order valence-corrected chi connectivity index (χ3v) is 11.6. The number of thiophene rings is 1. The molecule has 0 unspecified atom stereocenters. The van der Waals surface area contributed by atoms with Crippen LogP contribution in [0.3, 0.4) is 0 Å². The minimum Gasteiger partial charge on any atom is -0.310 e. The van der Waals surface area contributed by atoms with Gasteiger partial charge >= 0.3 is 0 Å². The second kappa shape index (κ2) is 13.7. The summed E-state index contributed by atoms with van der Waals surface area (Å²) in [5.74, 6) is 0. The number of fused-ring (bicyclic) bond motifs is 4. The fourth-order valence-corrected chi connectivity index (χ4v) is 9.09.